The first kappa shape index (κ1) is 44.3. The first-order valence-electron chi connectivity index (χ1n) is 18.5. The standard InChI is InChI=1S/C38H57N5O10/c1-6-13-27(34(48)37(51)39-21-30(45)43-33(38(52)53)26-16-11-8-12-17-26)40-35(49)28(18-22(2)3)41-36(50)32(25-14-9-7-10-15-25)42-29(44)19-23(4)24(5)20-31(46)47/h8,11-12,16-17,22-25,27-28,32-33H,6-7,9-10,13-15,18-21H2,1-5H3,(H,39,51)(H,40,49)(H,41,50)(H,42,44)(H,43,45)(H,46,47)(H,52,53)/t23?,24?,27?,28-,32-,33-/m0/s1. The molecular weight excluding hydrogens is 686 g/mol. The molecule has 7 N–H and O–H groups in total. The predicted octanol–water partition coefficient (Wildman–Crippen LogP) is 2.63. The molecule has 53 heavy (non-hydrogen) atoms. The van der Waals surface area contributed by atoms with Gasteiger partial charge in [0.05, 0.1) is 12.6 Å². The SMILES string of the molecule is CCCC(NC(=O)[C@H](CC(C)C)NC(=O)[C@@H](NC(=O)CC(C)C(C)CC(=O)O)C1CCCCC1)C(=O)C(=O)NCC(=O)N[C@H](C(=O)O)c1ccccc1. The summed E-state index contributed by atoms with van der Waals surface area (Å²) < 4.78 is 0. The van der Waals surface area contributed by atoms with Crippen LogP contribution >= 0.6 is 0 Å². The van der Waals surface area contributed by atoms with Crippen LogP contribution in [0.1, 0.15) is 110 Å². The number of nitrogens with one attached hydrogen (secondary N) is 5. The fraction of sp³-hybridized carbons (Fsp3) is 0.632. The van der Waals surface area contributed by atoms with Gasteiger partial charge in [0.1, 0.15) is 12.1 Å². The molecule has 15 heteroatoms. The van der Waals surface area contributed by atoms with Crippen molar-refractivity contribution in [2.24, 2.45) is 23.7 Å². The van der Waals surface area contributed by atoms with Gasteiger partial charge in [0.15, 0.2) is 6.04 Å². The second kappa shape index (κ2) is 22.3. The molecule has 5 amide bonds. The van der Waals surface area contributed by atoms with Gasteiger partial charge in [-0.05, 0) is 54.9 Å². The Morgan fingerprint density at radius 2 is 1.34 bits per heavy atom. The van der Waals surface area contributed by atoms with Crippen molar-refractivity contribution in [3.05, 3.63) is 35.9 Å². The molecule has 1 aromatic rings. The molecule has 0 spiro atoms. The molecule has 0 saturated heterocycles. The number of carboxylic acids is 2. The highest BCUT2D eigenvalue weighted by molar-refractivity contribution is 6.38. The minimum atomic E-state index is -1.38. The van der Waals surface area contributed by atoms with Crippen molar-refractivity contribution in [2.45, 2.75) is 123 Å². The lowest BCUT2D eigenvalue weighted by molar-refractivity contribution is -0.142. The van der Waals surface area contributed by atoms with E-state index in [1.165, 1.54) is 12.1 Å². The maximum absolute atomic E-state index is 13.9. The van der Waals surface area contributed by atoms with Crippen LogP contribution in [0.25, 0.3) is 0 Å². The van der Waals surface area contributed by atoms with Gasteiger partial charge in [0.2, 0.25) is 29.4 Å². The van der Waals surface area contributed by atoms with E-state index in [2.05, 4.69) is 26.6 Å². The number of amides is 5. The summed E-state index contributed by atoms with van der Waals surface area (Å²) in [7, 11) is 0. The predicted molar refractivity (Wildman–Crippen MR) is 195 cm³/mol. The lowest BCUT2D eigenvalue weighted by Crippen LogP contribution is -2.58. The fourth-order valence-electron chi connectivity index (χ4n) is 6.41. The second-order valence-electron chi connectivity index (χ2n) is 14.5. The van der Waals surface area contributed by atoms with Crippen LogP contribution in [0.3, 0.4) is 0 Å². The van der Waals surface area contributed by atoms with Crippen molar-refractivity contribution in [1.29, 1.82) is 0 Å². The molecule has 15 nitrogen and oxygen atoms in total. The Morgan fingerprint density at radius 1 is 0.736 bits per heavy atom. The molecule has 2 rings (SSSR count). The minimum Gasteiger partial charge on any atom is -0.481 e. The van der Waals surface area contributed by atoms with Gasteiger partial charge in [-0.2, -0.15) is 0 Å². The zero-order chi connectivity index (χ0) is 39.7. The Bertz CT molecular complexity index is 1430. The summed E-state index contributed by atoms with van der Waals surface area (Å²) in [5, 5.41) is 31.5. The molecule has 1 fully saturated rings. The zero-order valence-electron chi connectivity index (χ0n) is 31.4. The molecule has 1 aliphatic carbocycles. The highest BCUT2D eigenvalue weighted by atomic mass is 16.4. The van der Waals surface area contributed by atoms with E-state index in [4.69, 9.17) is 5.11 Å². The number of ketones is 1. The Kier molecular flexibility index (Phi) is 18.7. The summed E-state index contributed by atoms with van der Waals surface area (Å²) in [6, 6.07) is 3.27. The highest BCUT2D eigenvalue weighted by Crippen LogP contribution is 2.27. The first-order valence-corrected chi connectivity index (χ1v) is 18.5. The summed E-state index contributed by atoms with van der Waals surface area (Å²) in [5.74, 6) is -7.67. The van der Waals surface area contributed by atoms with Crippen molar-refractivity contribution in [3.63, 3.8) is 0 Å². The van der Waals surface area contributed by atoms with E-state index < -0.39 is 78.0 Å². The van der Waals surface area contributed by atoms with E-state index >= 15 is 0 Å². The molecule has 1 aromatic carbocycles. The number of carbonyl (C=O) groups excluding carboxylic acids is 6. The Balaban J connectivity index is 2.13. The Hall–Kier alpha value is -4.82. The number of rotatable bonds is 22. The van der Waals surface area contributed by atoms with Crippen LogP contribution < -0.4 is 26.6 Å². The lowest BCUT2D eigenvalue weighted by Gasteiger charge is -2.32. The number of carbonyl (C=O) groups is 8. The molecule has 0 aliphatic heterocycles. The van der Waals surface area contributed by atoms with Crippen LogP contribution in [-0.4, -0.2) is 82.1 Å². The molecule has 6 atom stereocenters. The van der Waals surface area contributed by atoms with Crippen LogP contribution in [0, 0.1) is 23.7 Å². The lowest BCUT2D eigenvalue weighted by atomic mass is 9.83. The number of carboxylic acid groups (broad SMARTS) is 2. The molecule has 1 saturated carbocycles. The average Bonchev–Trinajstić information content (AvgIpc) is 3.10. The third-order valence-electron chi connectivity index (χ3n) is 9.56. The van der Waals surface area contributed by atoms with Gasteiger partial charge in [-0.3, -0.25) is 33.6 Å². The summed E-state index contributed by atoms with van der Waals surface area (Å²) in [6.07, 6.45) is 4.78. The molecule has 294 valence electrons. The molecule has 0 radical (unpaired) electrons. The zero-order valence-corrected chi connectivity index (χ0v) is 31.4. The number of Topliss-reactive ketones (excluding diaryl/α,β-unsaturated/α-hetero) is 1. The maximum atomic E-state index is 13.9. The van der Waals surface area contributed by atoms with Crippen LogP contribution in [0.2, 0.25) is 0 Å². The molecule has 0 bridgehead atoms. The van der Waals surface area contributed by atoms with Gasteiger partial charge in [-0.1, -0.05) is 90.6 Å². The van der Waals surface area contributed by atoms with E-state index in [-0.39, 0.29) is 49.4 Å². The summed E-state index contributed by atoms with van der Waals surface area (Å²) in [5.41, 5.74) is 0.314. The van der Waals surface area contributed by atoms with Crippen molar-refractivity contribution in [3.8, 4) is 0 Å². The van der Waals surface area contributed by atoms with Crippen LogP contribution in [0.4, 0.5) is 0 Å². The van der Waals surface area contributed by atoms with E-state index in [1.54, 1.807) is 39.0 Å². The van der Waals surface area contributed by atoms with Gasteiger partial charge in [0, 0.05) is 12.8 Å². The number of hydrogen-bond donors (Lipinski definition) is 7. The summed E-state index contributed by atoms with van der Waals surface area (Å²) >= 11 is 0. The quantitative estimate of drug-likeness (QED) is 0.0858. The van der Waals surface area contributed by atoms with Gasteiger partial charge < -0.3 is 36.8 Å². The van der Waals surface area contributed by atoms with Crippen molar-refractivity contribution in [2.75, 3.05) is 6.54 Å². The monoisotopic (exact) mass is 743 g/mol. The minimum absolute atomic E-state index is 0.0263. The average molecular weight is 744 g/mol. The van der Waals surface area contributed by atoms with E-state index in [0.29, 0.717) is 24.8 Å². The number of hydrogen-bond acceptors (Lipinski definition) is 8. The molecule has 0 aromatic heterocycles. The Morgan fingerprint density at radius 3 is 1.91 bits per heavy atom. The van der Waals surface area contributed by atoms with Gasteiger partial charge >= 0.3 is 11.9 Å². The van der Waals surface area contributed by atoms with Crippen molar-refractivity contribution in [1.82, 2.24) is 26.6 Å². The third kappa shape index (κ3) is 15.4. The summed E-state index contributed by atoms with van der Waals surface area (Å²) in [4.78, 5) is 102. The maximum Gasteiger partial charge on any atom is 0.330 e. The second-order valence-corrected chi connectivity index (χ2v) is 14.5. The largest absolute Gasteiger partial charge is 0.481 e. The molecular formula is C38H57N5O10. The van der Waals surface area contributed by atoms with Crippen molar-refractivity contribution < 1.29 is 48.6 Å². The van der Waals surface area contributed by atoms with Crippen LogP contribution in [0.5, 0.6) is 0 Å². The van der Waals surface area contributed by atoms with Gasteiger partial charge in [0.25, 0.3) is 5.91 Å². The van der Waals surface area contributed by atoms with Gasteiger partial charge in [-0.15, -0.1) is 0 Å². The molecule has 0 heterocycles. The number of aliphatic carboxylic acids is 2. The molecule has 1 aliphatic rings. The Labute approximate surface area is 311 Å². The highest BCUT2D eigenvalue weighted by Gasteiger charge is 2.36. The molecule has 3 unspecified atom stereocenters. The third-order valence-corrected chi connectivity index (χ3v) is 9.56. The van der Waals surface area contributed by atoms with Gasteiger partial charge in [-0.25, -0.2) is 4.79 Å². The van der Waals surface area contributed by atoms with E-state index in [0.717, 1.165) is 19.3 Å². The fourth-order valence-corrected chi connectivity index (χ4v) is 6.41. The number of benzene rings is 1. The normalized spacial score (nSPS) is 16.5. The van der Waals surface area contributed by atoms with Crippen LogP contribution in [-0.2, 0) is 38.4 Å². The van der Waals surface area contributed by atoms with Crippen LogP contribution in [0.15, 0.2) is 30.3 Å². The first-order chi connectivity index (χ1) is 25.0. The smallest absolute Gasteiger partial charge is 0.330 e. The summed E-state index contributed by atoms with van der Waals surface area (Å²) in [6.45, 7) is 8.31. The van der Waals surface area contributed by atoms with E-state index in [9.17, 15) is 43.5 Å². The van der Waals surface area contributed by atoms with E-state index in [1.807, 2.05) is 13.8 Å². The topological polar surface area (TPSA) is 237 Å². The van der Waals surface area contributed by atoms with Crippen molar-refractivity contribution >= 4 is 47.3 Å².